The Labute approximate surface area is 148 Å². The maximum Gasteiger partial charge on any atom is 0.341 e. The number of amides is 1. The van der Waals surface area contributed by atoms with Gasteiger partial charge in [-0.25, -0.2) is 9.18 Å². The Morgan fingerprint density at radius 2 is 1.88 bits per heavy atom. The number of rotatable bonds is 6. The fraction of sp³-hybridized carbons (Fsp3) is 0.176. The number of nitrogen functional groups attached to an aromatic ring is 1. The van der Waals surface area contributed by atoms with Crippen molar-refractivity contribution in [3.05, 3.63) is 64.0 Å². The molecule has 2 N–H and O–H groups in total. The zero-order valence-electron chi connectivity index (χ0n) is 13.8. The van der Waals surface area contributed by atoms with Gasteiger partial charge in [-0.1, -0.05) is 0 Å². The van der Waals surface area contributed by atoms with Crippen molar-refractivity contribution >= 4 is 28.9 Å². The largest absolute Gasteiger partial charge is 0.452 e. The molecule has 136 valence electrons. The van der Waals surface area contributed by atoms with Gasteiger partial charge in [-0.2, -0.15) is 0 Å². The molecule has 26 heavy (non-hydrogen) atoms. The third-order valence-electron chi connectivity index (χ3n) is 3.55. The molecule has 0 radical (unpaired) electrons. The molecule has 9 heteroatoms. The van der Waals surface area contributed by atoms with E-state index in [0.29, 0.717) is 5.69 Å². The number of hydrogen-bond donors (Lipinski definition) is 1. The molecule has 0 aliphatic rings. The highest BCUT2D eigenvalue weighted by molar-refractivity contribution is 5.99. The number of ether oxygens (including phenoxy) is 1. The molecular formula is C17H16FN3O5. The van der Waals surface area contributed by atoms with E-state index in [2.05, 4.69) is 0 Å². The first-order chi connectivity index (χ1) is 12.3. The van der Waals surface area contributed by atoms with Gasteiger partial charge in [-0.3, -0.25) is 14.9 Å². The smallest absolute Gasteiger partial charge is 0.341 e. The Morgan fingerprint density at radius 1 is 1.23 bits per heavy atom. The summed E-state index contributed by atoms with van der Waals surface area (Å²) in [5.41, 5.74) is 5.56. The Morgan fingerprint density at radius 3 is 2.46 bits per heavy atom. The molecule has 2 aromatic carbocycles. The second kappa shape index (κ2) is 8.06. The number of halogens is 1. The summed E-state index contributed by atoms with van der Waals surface area (Å²) in [4.78, 5) is 35.8. The van der Waals surface area contributed by atoms with Crippen LogP contribution < -0.4 is 10.6 Å². The van der Waals surface area contributed by atoms with E-state index in [4.69, 9.17) is 10.5 Å². The minimum Gasteiger partial charge on any atom is -0.452 e. The van der Waals surface area contributed by atoms with Gasteiger partial charge in [0.15, 0.2) is 6.61 Å². The summed E-state index contributed by atoms with van der Waals surface area (Å²) in [5.74, 6) is -1.92. The minimum atomic E-state index is -0.949. The Hall–Kier alpha value is -3.49. The molecule has 8 nitrogen and oxygen atoms in total. The van der Waals surface area contributed by atoms with E-state index in [-0.39, 0.29) is 23.5 Å². The summed E-state index contributed by atoms with van der Waals surface area (Å²) in [6, 6.07) is 8.63. The van der Waals surface area contributed by atoms with Crippen LogP contribution in [0, 0.1) is 15.9 Å². The van der Waals surface area contributed by atoms with Crippen molar-refractivity contribution in [1.82, 2.24) is 0 Å². The number of benzene rings is 2. The second-order valence-corrected chi connectivity index (χ2v) is 5.22. The van der Waals surface area contributed by atoms with Gasteiger partial charge in [0.05, 0.1) is 10.5 Å². The highest BCUT2D eigenvalue weighted by Crippen LogP contribution is 2.21. The Kier molecular flexibility index (Phi) is 5.84. The molecule has 0 aromatic heterocycles. The second-order valence-electron chi connectivity index (χ2n) is 5.22. The van der Waals surface area contributed by atoms with E-state index in [1.54, 1.807) is 6.92 Å². The quantitative estimate of drug-likeness (QED) is 0.366. The number of nitrogens with two attached hydrogens (primary N) is 1. The summed E-state index contributed by atoms with van der Waals surface area (Å²) < 4.78 is 17.9. The average molecular weight is 361 g/mol. The van der Waals surface area contributed by atoms with Crippen molar-refractivity contribution < 1.29 is 23.6 Å². The zero-order valence-corrected chi connectivity index (χ0v) is 13.8. The molecule has 0 saturated heterocycles. The fourth-order valence-electron chi connectivity index (χ4n) is 2.24. The molecule has 0 spiro atoms. The number of likely N-dealkylation sites (N-methyl/N-ethyl adjacent to an activating group) is 1. The minimum absolute atomic E-state index is 0.000990. The number of anilines is 2. The van der Waals surface area contributed by atoms with Crippen LogP contribution in [0.4, 0.5) is 21.5 Å². The number of nitro groups is 1. The summed E-state index contributed by atoms with van der Waals surface area (Å²) in [7, 11) is 0. The fourth-order valence-corrected chi connectivity index (χ4v) is 2.24. The SMILES string of the molecule is CCN(C(=O)COC(=O)c1cc([N+](=O)[O-])ccc1N)c1ccc(F)cc1. The van der Waals surface area contributed by atoms with Gasteiger partial charge in [-0.05, 0) is 37.3 Å². The molecule has 0 atom stereocenters. The van der Waals surface area contributed by atoms with Crippen LogP contribution in [0.15, 0.2) is 42.5 Å². The van der Waals surface area contributed by atoms with Crippen molar-refractivity contribution in [2.45, 2.75) is 6.92 Å². The van der Waals surface area contributed by atoms with Crippen LogP contribution in [0.5, 0.6) is 0 Å². The average Bonchev–Trinajstić information content (AvgIpc) is 2.62. The summed E-state index contributed by atoms with van der Waals surface area (Å²) in [5, 5.41) is 10.8. The van der Waals surface area contributed by atoms with Gasteiger partial charge in [0.25, 0.3) is 11.6 Å². The topological polar surface area (TPSA) is 116 Å². The van der Waals surface area contributed by atoms with E-state index in [1.165, 1.54) is 35.2 Å². The molecule has 0 unspecified atom stereocenters. The number of hydrogen-bond acceptors (Lipinski definition) is 6. The van der Waals surface area contributed by atoms with E-state index >= 15 is 0 Å². The molecule has 2 aromatic rings. The van der Waals surface area contributed by atoms with E-state index in [1.807, 2.05) is 0 Å². The molecule has 0 bridgehead atoms. The van der Waals surface area contributed by atoms with Crippen molar-refractivity contribution in [1.29, 1.82) is 0 Å². The lowest BCUT2D eigenvalue weighted by molar-refractivity contribution is -0.384. The molecule has 0 aliphatic carbocycles. The lowest BCUT2D eigenvalue weighted by Crippen LogP contribution is -2.34. The predicted octanol–water partition coefficient (Wildman–Crippen LogP) is 2.53. The summed E-state index contributed by atoms with van der Waals surface area (Å²) >= 11 is 0. The van der Waals surface area contributed by atoms with Gasteiger partial charge >= 0.3 is 5.97 Å². The van der Waals surface area contributed by atoms with Gasteiger partial charge in [0.1, 0.15) is 5.82 Å². The van der Waals surface area contributed by atoms with E-state index in [9.17, 15) is 24.1 Å². The number of carbonyl (C=O) groups excluding carboxylic acids is 2. The number of esters is 1. The molecule has 0 saturated carbocycles. The third-order valence-corrected chi connectivity index (χ3v) is 3.55. The standard InChI is InChI=1S/C17H16FN3O5/c1-2-20(12-5-3-11(18)4-6-12)16(22)10-26-17(23)14-9-13(21(24)25)7-8-15(14)19/h3-9H,2,10,19H2,1H3. The lowest BCUT2D eigenvalue weighted by Gasteiger charge is -2.20. The first kappa shape index (κ1) is 18.8. The normalized spacial score (nSPS) is 10.2. The number of non-ortho nitro benzene ring substituents is 1. The first-order valence-corrected chi connectivity index (χ1v) is 7.60. The van der Waals surface area contributed by atoms with Crippen molar-refractivity contribution in [3.63, 3.8) is 0 Å². The third kappa shape index (κ3) is 4.32. The zero-order chi connectivity index (χ0) is 19.3. The molecule has 0 fully saturated rings. The van der Waals surface area contributed by atoms with E-state index in [0.717, 1.165) is 12.1 Å². The Balaban J connectivity index is 2.08. The van der Waals surface area contributed by atoms with Gasteiger partial charge < -0.3 is 15.4 Å². The molecule has 0 aliphatic heterocycles. The van der Waals surface area contributed by atoms with Gasteiger partial charge in [0.2, 0.25) is 0 Å². The number of nitrogens with zero attached hydrogens (tertiary/aromatic N) is 2. The monoisotopic (exact) mass is 361 g/mol. The number of nitro benzene ring substituents is 1. The van der Waals surface area contributed by atoms with Crippen LogP contribution in [-0.2, 0) is 9.53 Å². The van der Waals surface area contributed by atoms with E-state index < -0.39 is 29.2 Å². The van der Waals surface area contributed by atoms with Crippen molar-refractivity contribution in [2.24, 2.45) is 0 Å². The first-order valence-electron chi connectivity index (χ1n) is 7.60. The summed E-state index contributed by atoms with van der Waals surface area (Å²) in [6.45, 7) is 1.40. The number of carbonyl (C=O) groups is 2. The lowest BCUT2D eigenvalue weighted by atomic mass is 10.1. The van der Waals surface area contributed by atoms with Crippen LogP contribution in [0.25, 0.3) is 0 Å². The maximum absolute atomic E-state index is 13.0. The molecular weight excluding hydrogens is 345 g/mol. The molecule has 0 heterocycles. The van der Waals surface area contributed by atoms with Gasteiger partial charge in [0, 0.05) is 30.1 Å². The summed E-state index contributed by atoms with van der Waals surface area (Å²) in [6.07, 6.45) is 0. The van der Waals surface area contributed by atoms with Crippen molar-refractivity contribution in [3.8, 4) is 0 Å². The van der Waals surface area contributed by atoms with Crippen LogP contribution in [0.3, 0.4) is 0 Å². The highest BCUT2D eigenvalue weighted by atomic mass is 19.1. The Bertz CT molecular complexity index is 839. The van der Waals surface area contributed by atoms with Crippen molar-refractivity contribution in [2.75, 3.05) is 23.8 Å². The predicted molar refractivity (Wildman–Crippen MR) is 92.2 cm³/mol. The molecule has 1 amide bonds. The van der Waals surface area contributed by atoms with Gasteiger partial charge in [-0.15, -0.1) is 0 Å². The van der Waals surface area contributed by atoms with Crippen LogP contribution in [-0.4, -0.2) is 30.0 Å². The van der Waals surface area contributed by atoms with Crippen LogP contribution in [0.1, 0.15) is 17.3 Å². The molecule has 2 rings (SSSR count). The van der Waals surface area contributed by atoms with Crippen LogP contribution >= 0.6 is 0 Å². The maximum atomic E-state index is 13.0. The van der Waals surface area contributed by atoms with Crippen LogP contribution in [0.2, 0.25) is 0 Å². The highest BCUT2D eigenvalue weighted by Gasteiger charge is 2.20.